The Morgan fingerprint density at radius 3 is 2.39 bits per heavy atom. The summed E-state index contributed by atoms with van der Waals surface area (Å²) in [5.41, 5.74) is 3.99. The monoisotopic (exact) mass is 281 g/mol. The number of nitrogens with zero attached hydrogens (tertiary/aromatic N) is 1. The minimum absolute atomic E-state index is 0.609. The third-order valence-corrected chi connectivity index (χ3v) is 4.13. The second kappa shape index (κ2) is 5.81. The Morgan fingerprint density at radius 1 is 1.06 bits per heavy atom. The van der Waals surface area contributed by atoms with Crippen LogP contribution in [-0.2, 0) is 0 Å². The van der Waals surface area contributed by atoms with Crippen LogP contribution < -0.4 is 4.90 Å². The first-order valence-electron chi connectivity index (χ1n) is 6.16. The first-order valence-corrected chi connectivity index (χ1v) is 6.92. The van der Waals surface area contributed by atoms with Gasteiger partial charge in [-0.25, -0.2) is 0 Å². The molecule has 1 aromatic rings. The average molecular weight is 282 g/mol. The second-order valence-corrected chi connectivity index (χ2v) is 5.21. The molecule has 0 aliphatic carbocycles. The summed E-state index contributed by atoms with van der Waals surface area (Å²) >= 11 is 12.0. The summed E-state index contributed by atoms with van der Waals surface area (Å²) in [4.78, 5) is 2.34. The molecule has 0 N–H and O–H groups in total. The van der Waals surface area contributed by atoms with Crippen LogP contribution >= 0.6 is 23.2 Å². The topological polar surface area (TPSA) is 3.24 Å². The SMILES string of the molecule is C/C=C1/CCN(c2ccc(Cl)c(Cl)c2)C/C1=C/C. The van der Waals surface area contributed by atoms with Crippen LogP contribution in [0.3, 0.4) is 0 Å². The molecule has 1 nitrogen and oxygen atoms in total. The van der Waals surface area contributed by atoms with Crippen molar-refractivity contribution in [2.75, 3.05) is 18.0 Å². The molecule has 0 aromatic heterocycles. The van der Waals surface area contributed by atoms with Crippen molar-refractivity contribution in [3.8, 4) is 0 Å². The fraction of sp³-hybridized carbons (Fsp3) is 0.333. The Hall–Kier alpha value is -0.920. The van der Waals surface area contributed by atoms with Gasteiger partial charge in [0.2, 0.25) is 0 Å². The van der Waals surface area contributed by atoms with Gasteiger partial charge in [-0.2, -0.15) is 0 Å². The van der Waals surface area contributed by atoms with E-state index in [9.17, 15) is 0 Å². The largest absolute Gasteiger partial charge is 0.367 e. The summed E-state index contributed by atoms with van der Waals surface area (Å²) in [6, 6.07) is 5.83. The third-order valence-electron chi connectivity index (χ3n) is 3.39. The average Bonchev–Trinajstić information content (AvgIpc) is 2.41. The van der Waals surface area contributed by atoms with E-state index in [0.717, 1.165) is 25.2 Å². The van der Waals surface area contributed by atoms with Gasteiger partial charge in [0.15, 0.2) is 0 Å². The summed E-state index contributed by atoms with van der Waals surface area (Å²) in [6.07, 6.45) is 5.48. The summed E-state index contributed by atoms with van der Waals surface area (Å²) in [5, 5.41) is 1.23. The van der Waals surface area contributed by atoms with Crippen LogP contribution in [0.5, 0.6) is 0 Å². The zero-order valence-corrected chi connectivity index (χ0v) is 12.2. The summed E-state index contributed by atoms with van der Waals surface area (Å²) in [6.45, 7) is 6.16. The number of benzene rings is 1. The zero-order chi connectivity index (χ0) is 13.1. The van der Waals surface area contributed by atoms with Crippen LogP contribution in [0.4, 0.5) is 5.69 Å². The molecule has 0 spiro atoms. The highest BCUT2D eigenvalue weighted by molar-refractivity contribution is 6.42. The zero-order valence-electron chi connectivity index (χ0n) is 10.7. The number of hydrogen-bond donors (Lipinski definition) is 0. The lowest BCUT2D eigenvalue weighted by Crippen LogP contribution is -2.32. The minimum atomic E-state index is 0.609. The van der Waals surface area contributed by atoms with E-state index in [2.05, 4.69) is 30.9 Å². The quantitative estimate of drug-likeness (QED) is 0.693. The predicted molar refractivity (Wildman–Crippen MR) is 80.8 cm³/mol. The van der Waals surface area contributed by atoms with E-state index in [1.807, 2.05) is 18.2 Å². The molecule has 1 aliphatic heterocycles. The Labute approximate surface area is 119 Å². The fourth-order valence-corrected chi connectivity index (χ4v) is 2.60. The maximum absolute atomic E-state index is 6.07. The van der Waals surface area contributed by atoms with Gasteiger partial charge in [-0.05, 0) is 49.6 Å². The van der Waals surface area contributed by atoms with E-state index in [4.69, 9.17) is 23.2 Å². The van der Waals surface area contributed by atoms with Crippen LogP contribution in [0.1, 0.15) is 20.3 Å². The molecule has 0 amide bonds. The van der Waals surface area contributed by atoms with Crippen molar-refractivity contribution in [2.24, 2.45) is 0 Å². The van der Waals surface area contributed by atoms with E-state index in [0.29, 0.717) is 10.0 Å². The number of allylic oxidation sites excluding steroid dienone is 2. The number of anilines is 1. The molecule has 0 bridgehead atoms. The first-order chi connectivity index (χ1) is 8.65. The van der Waals surface area contributed by atoms with Gasteiger partial charge in [0.25, 0.3) is 0 Å². The molecule has 1 saturated heterocycles. The van der Waals surface area contributed by atoms with Crippen LogP contribution in [0.15, 0.2) is 41.5 Å². The van der Waals surface area contributed by atoms with Gasteiger partial charge in [0.05, 0.1) is 10.0 Å². The Morgan fingerprint density at radius 2 is 1.78 bits per heavy atom. The van der Waals surface area contributed by atoms with Crippen molar-refractivity contribution in [3.05, 3.63) is 51.5 Å². The van der Waals surface area contributed by atoms with Crippen LogP contribution in [-0.4, -0.2) is 13.1 Å². The number of rotatable bonds is 1. The summed E-state index contributed by atoms with van der Waals surface area (Å²) in [7, 11) is 0. The minimum Gasteiger partial charge on any atom is -0.367 e. The Bertz CT molecular complexity index is 503. The predicted octanol–water partition coefficient (Wildman–Crippen LogP) is 5.10. The van der Waals surface area contributed by atoms with Crippen molar-refractivity contribution in [2.45, 2.75) is 20.3 Å². The molecule has 1 fully saturated rings. The molecule has 0 atom stereocenters. The standard InChI is InChI=1S/C15H17Cl2N/c1-3-11-7-8-18(10-12(11)4-2)13-5-6-14(16)15(17)9-13/h3-6,9H,7-8,10H2,1-2H3/b11-3-,12-4-. The van der Waals surface area contributed by atoms with Gasteiger partial charge < -0.3 is 4.90 Å². The van der Waals surface area contributed by atoms with Crippen LogP contribution in [0.2, 0.25) is 10.0 Å². The van der Waals surface area contributed by atoms with Gasteiger partial charge in [-0.3, -0.25) is 0 Å². The van der Waals surface area contributed by atoms with Gasteiger partial charge in [0.1, 0.15) is 0 Å². The van der Waals surface area contributed by atoms with Gasteiger partial charge in [-0.15, -0.1) is 0 Å². The van der Waals surface area contributed by atoms with Crippen LogP contribution in [0, 0.1) is 0 Å². The number of halogens is 2. The van der Waals surface area contributed by atoms with Crippen molar-refractivity contribution in [1.82, 2.24) is 0 Å². The van der Waals surface area contributed by atoms with Crippen molar-refractivity contribution in [1.29, 1.82) is 0 Å². The molecule has 1 aromatic carbocycles. The van der Waals surface area contributed by atoms with Crippen LogP contribution in [0.25, 0.3) is 0 Å². The van der Waals surface area contributed by atoms with Crippen molar-refractivity contribution < 1.29 is 0 Å². The summed E-state index contributed by atoms with van der Waals surface area (Å²) in [5.74, 6) is 0. The lowest BCUT2D eigenvalue weighted by atomic mass is 9.97. The molecular weight excluding hydrogens is 265 g/mol. The highest BCUT2D eigenvalue weighted by Crippen LogP contribution is 2.31. The maximum atomic E-state index is 6.07. The van der Waals surface area contributed by atoms with Crippen molar-refractivity contribution in [3.63, 3.8) is 0 Å². The van der Waals surface area contributed by atoms with E-state index < -0.39 is 0 Å². The third kappa shape index (κ3) is 2.73. The molecule has 96 valence electrons. The lowest BCUT2D eigenvalue weighted by molar-refractivity contribution is 0.764. The molecular formula is C15H17Cl2N. The molecule has 0 unspecified atom stereocenters. The second-order valence-electron chi connectivity index (χ2n) is 4.40. The van der Waals surface area contributed by atoms with E-state index in [-0.39, 0.29) is 0 Å². The molecule has 18 heavy (non-hydrogen) atoms. The van der Waals surface area contributed by atoms with E-state index >= 15 is 0 Å². The molecule has 1 aliphatic rings. The highest BCUT2D eigenvalue weighted by atomic mass is 35.5. The molecule has 0 radical (unpaired) electrons. The van der Waals surface area contributed by atoms with Gasteiger partial charge >= 0.3 is 0 Å². The molecule has 0 saturated carbocycles. The van der Waals surface area contributed by atoms with Gasteiger partial charge in [0, 0.05) is 18.8 Å². The fourth-order valence-electron chi connectivity index (χ4n) is 2.31. The van der Waals surface area contributed by atoms with E-state index in [1.165, 1.54) is 11.1 Å². The maximum Gasteiger partial charge on any atom is 0.0612 e. The van der Waals surface area contributed by atoms with E-state index in [1.54, 1.807) is 0 Å². The smallest absolute Gasteiger partial charge is 0.0612 e. The summed E-state index contributed by atoms with van der Waals surface area (Å²) < 4.78 is 0. The Kier molecular flexibility index (Phi) is 4.36. The first kappa shape index (κ1) is 13.5. The molecule has 3 heteroatoms. The van der Waals surface area contributed by atoms with Gasteiger partial charge in [-0.1, -0.05) is 35.4 Å². The molecule has 1 heterocycles. The normalized spacial score (nSPS) is 20.8. The highest BCUT2D eigenvalue weighted by Gasteiger charge is 2.18. The lowest BCUT2D eigenvalue weighted by Gasteiger charge is -2.32. The number of hydrogen-bond acceptors (Lipinski definition) is 1. The molecule has 2 rings (SSSR count). The Balaban J connectivity index is 2.23. The van der Waals surface area contributed by atoms with Crippen molar-refractivity contribution >= 4 is 28.9 Å². The number of piperidine rings is 1.